The number of carbonyl (C=O) groups is 2. The van der Waals surface area contributed by atoms with Crippen molar-refractivity contribution < 1.29 is 18.0 Å². The van der Waals surface area contributed by atoms with Crippen LogP contribution in [0.25, 0.3) is 0 Å². The average Bonchev–Trinajstić information content (AvgIpc) is 2.89. The van der Waals surface area contributed by atoms with Gasteiger partial charge in [0.2, 0.25) is 21.8 Å². The quantitative estimate of drug-likeness (QED) is 0.272. The van der Waals surface area contributed by atoms with E-state index >= 15 is 0 Å². The molecule has 214 valence electrons. The zero-order valence-electron chi connectivity index (χ0n) is 22.5. The average molecular weight is 625 g/mol. The van der Waals surface area contributed by atoms with Crippen LogP contribution < -0.4 is 9.62 Å². The number of amides is 2. The van der Waals surface area contributed by atoms with Crippen LogP contribution in [0, 0.1) is 6.92 Å². The Morgan fingerprint density at radius 1 is 0.950 bits per heavy atom. The van der Waals surface area contributed by atoms with Crippen LogP contribution in [0.2, 0.25) is 15.1 Å². The minimum absolute atomic E-state index is 0.0386. The van der Waals surface area contributed by atoms with Crippen molar-refractivity contribution in [1.29, 1.82) is 0 Å². The summed E-state index contributed by atoms with van der Waals surface area (Å²) >= 11 is 18.7. The topological polar surface area (TPSA) is 86.8 Å². The molecule has 11 heteroatoms. The van der Waals surface area contributed by atoms with Gasteiger partial charge in [0.1, 0.15) is 12.6 Å². The number of nitrogens with one attached hydrogen (secondary N) is 1. The highest BCUT2D eigenvalue weighted by Crippen LogP contribution is 2.27. The van der Waals surface area contributed by atoms with Crippen LogP contribution in [0.3, 0.4) is 0 Å². The van der Waals surface area contributed by atoms with Crippen LogP contribution in [-0.2, 0) is 32.6 Å². The summed E-state index contributed by atoms with van der Waals surface area (Å²) in [5.74, 6) is -0.920. The lowest BCUT2D eigenvalue weighted by Gasteiger charge is -2.34. The second-order valence-electron chi connectivity index (χ2n) is 9.45. The van der Waals surface area contributed by atoms with Gasteiger partial charge in [-0.15, -0.1) is 0 Å². The van der Waals surface area contributed by atoms with Gasteiger partial charge in [-0.1, -0.05) is 78.1 Å². The van der Waals surface area contributed by atoms with Gasteiger partial charge in [0, 0.05) is 34.6 Å². The van der Waals surface area contributed by atoms with E-state index in [1.54, 1.807) is 43.3 Å². The van der Waals surface area contributed by atoms with Gasteiger partial charge >= 0.3 is 0 Å². The molecule has 0 unspecified atom stereocenters. The van der Waals surface area contributed by atoms with Crippen LogP contribution in [-0.4, -0.2) is 50.5 Å². The molecule has 0 aliphatic carbocycles. The zero-order valence-corrected chi connectivity index (χ0v) is 25.6. The van der Waals surface area contributed by atoms with E-state index in [1.807, 2.05) is 37.3 Å². The van der Waals surface area contributed by atoms with E-state index in [4.69, 9.17) is 34.8 Å². The Morgan fingerprint density at radius 3 is 2.20 bits per heavy atom. The molecule has 1 N–H and O–H groups in total. The third-order valence-corrected chi connectivity index (χ3v) is 8.23. The predicted molar refractivity (Wildman–Crippen MR) is 163 cm³/mol. The molecular formula is C29H32Cl3N3O4S. The first-order chi connectivity index (χ1) is 18.9. The summed E-state index contributed by atoms with van der Waals surface area (Å²) in [6, 6.07) is 18.0. The molecule has 0 aromatic heterocycles. The second kappa shape index (κ2) is 14.2. The maximum atomic E-state index is 14.1. The molecule has 0 fully saturated rings. The lowest BCUT2D eigenvalue weighted by molar-refractivity contribution is -0.140. The lowest BCUT2D eigenvalue weighted by Crippen LogP contribution is -2.53. The van der Waals surface area contributed by atoms with Crippen molar-refractivity contribution in [2.24, 2.45) is 0 Å². The Balaban J connectivity index is 2.09. The maximum absolute atomic E-state index is 14.1. The number of carbonyl (C=O) groups excluding carboxylic acids is 2. The Labute approximate surface area is 251 Å². The third-order valence-electron chi connectivity index (χ3n) is 6.28. The first-order valence-corrected chi connectivity index (χ1v) is 15.7. The fourth-order valence-electron chi connectivity index (χ4n) is 4.25. The van der Waals surface area contributed by atoms with Crippen molar-refractivity contribution in [3.8, 4) is 0 Å². The van der Waals surface area contributed by atoms with Crippen LogP contribution in [0.15, 0.2) is 66.7 Å². The summed E-state index contributed by atoms with van der Waals surface area (Å²) in [7, 11) is -3.89. The highest BCUT2D eigenvalue weighted by atomic mass is 35.5. The minimum Gasteiger partial charge on any atom is -0.354 e. The number of anilines is 1. The first-order valence-electron chi connectivity index (χ1n) is 12.7. The first kappa shape index (κ1) is 31.7. The summed E-state index contributed by atoms with van der Waals surface area (Å²) in [6.07, 6.45) is 1.95. The van der Waals surface area contributed by atoms with Crippen LogP contribution in [0.5, 0.6) is 0 Å². The zero-order chi connectivity index (χ0) is 29.4. The van der Waals surface area contributed by atoms with E-state index in [1.165, 1.54) is 4.90 Å². The molecule has 40 heavy (non-hydrogen) atoms. The van der Waals surface area contributed by atoms with Crippen molar-refractivity contribution in [1.82, 2.24) is 10.2 Å². The molecule has 0 aliphatic heterocycles. The molecule has 2 amide bonds. The second-order valence-corrected chi connectivity index (χ2v) is 12.6. The summed E-state index contributed by atoms with van der Waals surface area (Å²) in [5, 5.41) is 4.09. The van der Waals surface area contributed by atoms with Gasteiger partial charge < -0.3 is 10.2 Å². The van der Waals surface area contributed by atoms with Crippen LogP contribution >= 0.6 is 34.8 Å². The summed E-state index contributed by atoms with van der Waals surface area (Å²) in [5.41, 5.74) is 2.31. The summed E-state index contributed by atoms with van der Waals surface area (Å²) in [4.78, 5) is 29.0. The molecule has 0 radical (unpaired) electrons. The number of rotatable bonds is 12. The molecule has 0 aliphatic rings. The van der Waals surface area contributed by atoms with Crippen molar-refractivity contribution in [3.63, 3.8) is 0 Å². The van der Waals surface area contributed by atoms with E-state index in [0.29, 0.717) is 44.8 Å². The molecule has 0 bridgehead atoms. The van der Waals surface area contributed by atoms with Gasteiger partial charge in [0.05, 0.1) is 11.9 Å². The highest BCUT2D eigenvalue weighted by Gasteiger charge is 2.33. The Bertz CT molecular complexity index is 1450. The van der Waals surface area contributed by atoms with Gasteiger partial charge in [0.15, 0.2) is 0 Å². The predicted octanol–water partition coefficient (Wildman–Crippen LogP) is 5.89. The SMILES string of the molecule is CCCNC(=O)[C@@H](Cc1ccccc1)N(Cc1ccc(Cl)cc1Cl)C(=O)CN(c1ccc(Cl)cc1C)S(C)(=O)=O. The summed E-state index contributed by atoms with van der Waals surface area (Å²) < 4.78 is 26.9. The molecule has 3 rings (SSSR count). The van der Waals surface area contributed by atoms with Crippen LogP contribution in [0.4, 0.5) is 5.69 Å². The molecular weight excluding hydrogens is 593 g/mol. The van der Waals surface area contributed by atoms with Gasteiger partial charge in [-0.05, 0) is 60.4 Å². The Hall–Kier alpha value is -2.78. The fraction of sp³-hybridized carbons (Fsp3) is 0.310. The van der Waals surface area contributed by atoms with E-state index in [0.717, 1.165) is 16.1 Å². The molecule has 0 saturated heterocycles. The van der Waals surface area contributed by atoms with Crippen molar-refractivity contribution in [2.45, 2.75) is 39.3 Å². The van der Waals surface area contributed by atoms with E-state index in [9.17, 15) is 18.0 Å². The van der Waals surface area contributed by atoms with Gasteiger partial charge in [-0.3, -0.25) is 13.9 Å². The van der Waals surface area contributed by atoms with Crippen molar-refractivity contribution in [3.05, 3.63) is 98.5 Å². The third kappa shape index (κ3) is 8.61. The van der Waals surface area contributed by atoms with Crippen molar-refractivity contribution in [2.75, 3.05) is 23.7 Å². The number of halogens is 3. The molecule has 0 heterocycles. The molecule has 0 saturated carbocycles. The van der Waals surface area contributed by atoms with E-state index in [-0.39, 0.29) is 18.9 Å². The largest absolute Gasteiger partial charge is 0.354 e. The maximum Gasteiger partial charge on any atom is 0.244 e. The number of hydrogen-bond donors (Lipinski definition) is 1. The number of hydrogen-bond acceptors (Lipinski definition) is 4. The standard InChI is InChI=1S/C29H32Cl3N3O4S/c1-4-14-33-29(37)27(16-21-8-6-5-7-9-21)34(18-22-10-11-24(31)17-25(22)32)28(36)19-35(40(3,38)39)26-13-12-23(30)15-20(26)2/h5-13,15,17,27H,4,14,16,18-19H2,1-3H3,(H,33,37)/t27-/m1/s1. The molecule has 7 nitrogen and oxygen atoms in total. The van der Waals surface area contributed by atoms with E-state index < -0.39 is 28.5 Å². The normalized spacial score (nSPS) is 12.1. The van der Waals surface area contributed by atoms with Crippen LogP contribution in [0.1, 0.15) is 30.0 Å². The highest BCUT2D eigenvalue weighted by molar-refractivity contribution is 7.92. The fourth-order valence-corrected chi connectivity index (χ4v) is 5.85. The Morgan fingerprint density at radius 2 is 1.60 bits per heavy atom. The number of sulfonamides is 1. The van der Waals surface area contributed by atoms with Gasteiger partial charge in [-0.2, -0.15) is 0 Å². The lowest BCUT2D eigenvalue weighted by atomic mass is 10.0. The smallest absolute Gasteiger partial charge is 0.244 e. The molecule has 1 atom stereocenters. The molecule has 3 aromatic carbocycles. The van der Waals surface area contributed by atoms with Crippen molar-refractivity contribution >= 4 is 62.3 Å². The minimum atomic E-state index is -3.89. The summed E-state index contributed by atoms with van der Waals surface area (Å²) in [6.45, 7) is 3.50. The number of nitrogens with zero attached hydrogens (tertiary/aromatic N) is 2. The Kier molecular flexibility index (Phi) is 11.3. The number of aryl methyl sites for hydroxylation is 1. The van der Waals surface area contributed by atoms with Gasteiger partial charge in [-0.25, -0.2) is 8.42 Å². The monoisotopic (exact) mass is 623 g/mol. The van der Waals surface area contributed by atoms with E-state index in [2.05, 4.69) is 5.32 Å². The molecule has 0 spiro atoms. The van der Waals surface area contributed by atoms with Gasteiger partial charge in [0.25, 0.3) is 0 Å². The molecule has 3 aromatic rings. The number of benzene rings is 3.